The van der Waals surface area contributed by atoms with Gasteiger partial charge in [0, 0.05) is 16.5 Å². The van der Waals surface area contributed by atoms with E-state index in [1.807, 2.05) is 76.2 Å². The van der Waals surface area contributed by atoms with Crippen LogP contribution in [0, 0.1) is 16.7 Å². The third-order valence-corrected chi connectivity index (χ3v) is 6.20. The summed E-state index contributed by atoms with van der Waals surface area (Å²) in [5.41, 5.74) is 2.04. The molecular formula is C30H37ClN4O4. The number of anilines is 2. The minimum absolute atomic E-state index is 0.0451. The summed E-state index contributed by atoms with van der Waals surface area (Å²) in [6, 6.07) is 18.6. The van der Waals surface area contributed by atoms with Gasteiger partial charge in [-0.15, -0.1) is 0 Å². The van der Waals surface area contributed by atoms with Crippen molar-refractivity contribution in [3.63, 3.8) is 0 Å². The SMILES string of the molecule is CC(C)(C)C(=O)Cl.CC1=NN(c2ccccc2)C(=O)C1.CC1=NN(c2ccccc2)C(=O)C1C(=O)C(C)(C)C. The van der Waals surface area contributed by atoms with E-state index in [4.69, 9.17) is 11.6 Å². The minimum atomic E-state index is -0.750. The second-order valence-electron chi connectivity index (χ2n) is 11.4. The molecule has 0 N–H and O–H groups in total. The highest BCUT2D eigenvalue weighted by Gasteiger charge is 2.43. The van der Waals surface area contributed by atoms with Crippen LogP contribution in [0.2, 0.25) is 0 Å². The highest BCUT2D eigenvalue weighted by molar-refractivity contribution is 6.64. The Morgan fingerprint density at radius 3 is 1.56 bits per heavy atom. The van der Waals surface area contributed by atoms with Gasteiger partial charge in [0.05, 0.1) is 23.5 Å². The molecule has 0 aromatic heterocycles. The highest BCUT2D eigenvalue weighted by atomic mass is 35.5. The highest BCUT2D eigenvalue weighted by Crippen LogP contribution is 2.29. The zero-order chi connectivity index (χ0) is 29.5. The molecule has 39 heavy (non-hydrogen) atoms. The first kappa shape index (κ1) is 31.6. The number of para-hydroxylation sites is 2. The fourth-order valence-corrected chi connectivity index (χ4v) is 3.38. The van der Waals surface area contributed by atoms with Crippen molar-refractivity contribution in [2.75, 3.05) is 10.0 Å². The Hall–Kier alpha value is -3.65. The van der Waals surface area contributed by atoms with E-state index in [9.17, 15) is 19.2 Å². The van der Waals surface area contributed by atoms with Gasteiger partial charge in [0.25, 0.3) is 11.8 Å². The number of Topliss-reactive ketones (excluding diaryl/α,β-unsaturated/α-hetero) is 1. The number of carbonyl (C=O) groups excluding carboxylic acids is 4. The number of ketones is 1. The maximum atomic E-state index is 12.4. The zero-order valence-corrected chi connectivity index (χ0v) is 24.6. The first-order chi connectivity index (χ1) is 18.0. The van der Waals surface area contributed by atoms with Crippen LogP contribution in [0.4, 0.5) is 11.4 Å². The summed E-state index contributed by atoms with van der Waals surface area (Å²) in [7, 11) is 0. The molecule has 0 spiro atoms. The van der Waals surface area contributed by atoms with Gasteiger partial charge < -0.3 is 0 Å². The first-order valence-electron chi connectivity index (χ1n) is 12.6. The van der Waals surface area contributed by atoms with Crippen LogP contribution in [0.1, 0.15) is 61.8 Å². The number of hydrogen-bond donors (Lipinski definition) is 0. The van der Waals surface area contributed by atoms with E-state index in [0.29, 0.717) is 17.8 Å². The van der Waals surface area contributed by atoms with Gasteiger partial charge in [-0.3, -0.25) is 19.2 Å². The third-order valence-electron chi connectivity index (χ3n) is 5.64. The summed E-state index contributed by atoms with van der Waals surface area (Å²) in [6.07, 6.45) is 0.439. The van der Waals surface area contributed by atoms with Gasteiger partial charge >= 0.3 is 0 Å². The van der Waals surface area contributed by atoms with Crippen LogP contribution in [0.25, 0.3) is 0 Å². The van der Waals surface area contributed by atoms with Crippen LogP contribution in [-0.4, -0.2) is 34.3 Å². The standard InChI is InChI=1S/C15H18N2O2.C10H10N2O.C5H9ClO/c1-10-12(13(18)15(2,3)4)14(19)17(16-10)11-8-6-5-7-9-11;1-8-7-10(13)12(11-8)9-5-3-2-4-6-9;1-5(2,3)4(6)7/h5-9,12H,1-4H3;2-6H,7H2,1H3;1-3H3. The molecule has 208 valence electrons. The lowest BCUT2D eigenvalue weighted by Gasteiger charge is -2.21. The molecule has 2 aromatic carbocycles. The Labute approximate surface area is 235 Å². The summed E-state index contributed by atoms with van der Waals surface area (Å²) in [5, 5.41) is 10.9. The Balaban J connectivity index is 0.000000230. The second kappa shape index (κ2) is 12.9. The maximum Gasteiger partial charge on any atom is 0.263 e. The number of rotatable bonds is 3. The van der Waals surface area contributed by atoms with Gasteiger partial charge in [-0.2, -0.15) is 15.2 Å². The average molecular weight is 553 g/mol. The molecule has 0 aliphatic carbocycles. The van der Waals surface area contributed by atoms with Gasteiger partial charge in [-0.25, -0.2) is 5.01 Å². The predicted octanol–water partition coefficient (Wildman–Crippen LogP) is 6.24. The van der Waals surface area contributed by atoms with Crippen molar-refractivity contribution in [1.82, 2.24) is 0 Å². The normalized spacial score (nSPS) is 17.0. The molecule has 0 saturated carbocycles. The van der Waals surface area contributed by atoms with Gasteiger partial charge in [0.15, 0.2) is 5.78 Å². The molecule has 0 saturated heterocycles. The Morgan fingerprint density at radius 1 is 0.769 bits per heavy atom. The topological polar surface area (TPSA) is 99.5 Å². The number of carbonyl (C=O) groups is 4. The van der Waals surface area contributed by atoms with Gasteiger partial charge in [-0.05, 0) is 49.7 Å². The molecule has 0 fully saturated rings. The predicted molar refractivity (Wildman–Crippen MR) is 157 cm³/mol. The summed E-state index contributed by atoms with van der Waals surface area (Å²) < 4.78 is 0. The van der Waals surface area contributed by atoms with E-state index in [1.54, 1.807) is 39.8 Å². The third kappa shape index (κ3) is 8.68. The van der Waals surface area contributed by atoms with Crippen molar-refractivity contribution in [1.29, 1.82) is 0 Å². The molecule has 2 heterocycles. The largest absolute Gasteiger partial charge is 0.298 e. The quantitative estimate of drug-likeness (QED) is 0.332. The monoisotopic (exact) mass is 552 g/mol. The molecule has 2 aromatic rings. The lowest BCUT2D eigenvalue weighted by atomic mass is 9.81. The molecule has 1 unspecified atom stereocenters. The first-order valence-corrected chi connectivity index (χ1v) is 13.0. The van der Waals surface area contributed by atoms with Crippen LogP contribution in [-0.2, 0) is 19.2 Å². The molecule has 9 heteroatoms. The number of halogens is 1. The van der Waals surface area contributed by atoms with Crippen LogP contribution in [0.3, 0.4) is 0 Å². The Bertz CT molecular complexity index is 1260. The molecular weight excluding hydrogens is 516 g/mol. The van der Waals surface area contributed by atoms with Crippen LogP contribution < -0.4 is 10.0 Å². The fourth-order valence-electron chi connectivity index (χ4n) is 3.38. The van der Waals surface area contributed by atoms with E-state index < -0.39 is 11.3 Å². The number of nitrogens with zero attached hydrogens (tertiary/aromatic N) is 4. The Kier molecular flexibility index (Phi) is 10.5. The molecule has 2 aliphatic heterocycles. The van der Waals surface area contributed by atoms with Gasteiger partial charge in [0.1, 0.15) is 5.92 Å². The molecule has 2 amide bonds. The Morgan fingerprint density at radius 2 is 1.21 bits per heavy atom. The van der Waals surface area contributed by atoms with Crippen molar-refractivity contribution in [2.24, 2.45) is 27.0 Å². The van der Waals surface area contributed by atoms with Crippen molar-refractivity contribution in [3.05, 3.63) is 60.7 Å². The molecule has 2 aliphatic rings. The van der Waals surface area contributed by atoms with E-state index >= 15 is 0 Å². The number of amides is 2. The average Bonchev–Trinajstić information content (AvgIpc) is 3.36. The molecule has 0 bridgehead atoms. The summed E-state index contributed by atoms with van der Waals surface area (Å²) >= 11 is 5.11. The minimum Gasteiger partial charge on any atom is -0.298 e. The van der Waals surface area contributed by atoms with Crippen molar-refractivity contribution < 1.29 is 19.2 Å². The van der Waals surface area contributed by atoms with Crippen molar-refractivity contribution >= 4 is 57.2 Å². The second-order valence-corrected chi connectivity index (χ2v) is 11.7. The van der Waals surface area contributed by atoms with E-state index in [0.717, 1.165) is 11.4 Å². The lowest BCUT2D eigenvalue weighted by Crippen LogP contribution is -2.38. The van der Waals surface area contributed by atoms with Gasteiger partial charge in [-0.1, -0.05) is 77.9 Å². The van der Waals surface area contributed by atoms with Gasteiger partial charge in [0.2, 0.25) is 5.24 Å². The number of hydrogen-bond acceptors (Lipinski definition) is 6. The summed E-state index contributed by atoms with van der Waals surface area (Å²) in [6.45, 7) is 14.4. The van der Waals surface area contributed by atoms with Crippen LogP contribution in [0.15, 0.2) is 70.9 Å². The number of benzene rings is 2. The lowest BCUT2D eigenvalue weighted by molar-refractivity contribution is -0.134. The smallest absolute Gasteiger partial charge is 0.263 e. The summed E-state index contributed by atoms with van der Waals surface area (Å²) in [5.74, 6) is -1.05. The maximum absolute atomic E-state index is 12.4. The van der Waals surface area contributed by atoms with E-state index in [1.165, 1.54) is 10.0 Å². The van der Waals surface area contributed by atoms with Crippen molar-refractivity contribution in [2.45, 2.75) is 61.8 Å². The number of hydrazone groups is 2. The van der Waals surface area contributed by atoms with Crippen LogP contribution >= 0.6 is 11.6 Å². The molecule has 0 radical (unpaired) electrons. The van der Waals surface area contributed by atoms with Crippen molar-refractivity contribution in [3.8, 4) is 0 Å². The van der Waals surface area contributed by atoms with E-state index in [-0.39, 0.29) is 28.3 Å². The zero-order valence-electron chi connectivity index (χ0n) is 23.9. The molecule has 8 nitrogen and oxygen atoms in total. The van der Waals surface area contributed by atoms with E-state index in [2.05, 4.69) is 10.2 Å². The summed E-state index contributed by atoms with van der Waals surface area (Å²) in [4.78, 5) is 46.4. The molecule has 4 rings (SSSR count). The molecule has 1 atom stereocenters. The fraction of sp³-hybridized carbons (Fsp3) is 0.400. The van der Waals surface area contributed by atoms with Crippen LogP contribution in [0.5, 0.6) is 0 Å².